The molecular formula is C24H21ClN4O2. The van der Waals surface area contributed by atoms with Crippen molar-refractivity contribution in [1.82, 2.24) is 14.9 Å². The molecule has 0 radical (unpaired) electrons. The summed E-state index contributed by atoms with van der Waals surface area (Å²) in [7, 11) is 0. The van der Waals surface area contributed by atoms with Crippen LogP contribution in [0.15, 0.2) is 91.4 Å². The molecule has 3 N–H and O–H groups in total. The average molecular weight is 433 g/mol. The molecule has 6 nitrogen and oxygen atoms in total. The maximum absolute atomic E-state index is 12.7. The normalized spacial score (nSPS) is 11.7. The third kappa shape index (κ3) is 5.12. The van der Waals surface area contributed by atoms with Gasteiger partial charge in [-0.3, -0.25) is 4.79 Å². The van der Waals surface area contributed by atoms with E-state index in [1.165, 1.54) is 0 Å². The van der Waals surface area contributed by atoms with Crippen molar-refractivity contribution in [2.45, 2.75) is 6.04 Å². The number of halogens is 1. The number of aromatic nitrogens is 2. The number of pyridine rings is 1. The van der Waals surface area contributed by atoms with E-state index in [0.717, 1.165) is 16.9 Å². The van der Waals surface area contributed by atoms with Gasteiger partial charge in [0.2, 0.25) is 0 Å². The Kier molecular flexibility index (Phi) is 6.31. The maximum Gasteiger partial charge on any atom is 0.253 e. The van der Waals surface area contributed by atoms with Crippen LogP contribution in [0.2, 0.25) is 5.02 Å². The maximum atomic E-state index is 12.7. The summed E-state index contributed by atoms with van der Waals surface area (Å²) in [5.74, 6) is 0.416. The number of nitrogens with zero attached hydrogens (tertiary/aromatic N) is 2. The highest BCUT2D eigenvalue weighted by Gasteiger charge is 2.16. The Balaban J connectivity index is 1.49. The van der Waals surface area contributed by atoms with Crippen molar-refractivity contribution in [3.05, 3.63) is 108 Å². The van der Waals surface area contributed by atoms with Gasteiger partial charge in [-0.15, -0.1) is 0 Å². The minimum absolute atomic E-state index is 0.230. The first kappa shape index (κ1) is 20.7. The van der Waals surface area contributed by atoms with Crippen molar-refractivity contribution in [1.29, 1.82) is 0 Å². The average Bonchev–Trinajstić information content (AvgIpc) is 3.29. The minimum atomic E-state index is -0.544. The van der Waals surface area contributed by atoms with Gasteiger partial charge in [-0.2, -0.15) is 0 Å². The number of rotatable bonds is 7. The first-order chi connectivity index (χ1) is 15.1. The standard InChI is InChI=1S/C24H21ClN4O2/c25-19-6-4-5-17(13-19)22(16-30)28-24(31)18-10-12-29(15-18)21-9-11-26-23(14-21)27-20-7-2-1-3-8-20/h1-15,22,30H,16H2,(H,26,27)(H,28,31). The Morgan fingerprint density at radius 1 is 1.06 bits per heavy atom. The summed E-state index contributed by atoms with van der Waals surface area (Å²) < 4.78 is 1.85. The van der Waals surface area contributed by atoms with Gasteiger partial charge >= 0.3 is 0 Å². The monoisotopic (exact) mass is 432 g/mol. The van der Waals surface area contributed by atoms with Crippen molar-refractivity contribution in [3.63, 3.8) is 0 Å². The first-order valence-corrected chi connectivity index (χ1v) is 10.1. The van der Waals surface area contributed by atoms with E-state index in [0.29, 0.717) is 16.4 Å². The lowest BCUT2D eigenvalue weighted by atomic mass is 10.1. The molecule has 1 amide bonds. The number of benzene rings is 2. The molecule has 0 aliphatic heterocycles. The van der Waals surface area contributed by atoms with Gasteiger partial charge in [0.25, 0.3) is 5.91 Å². The van der Waals surface area contributed by atoms with Gasteiger partial charge in [0.15, 0.2) is 0 Å². The predicted octanol–water partition coefficient (Wildman–Crippen LogP) is 4.73. The van der Waals surface area contributed by atoms with Crippen molar-refractivity contribution in [3.8, 4) is 5.69 Å². The molecule has 0 saturated carbocycles. The van der Waals surface area contributed by atoms with Crippen LogP contribution in [0.5, 0.6) is 0 Å². The van der Waals surface area contributed by atoms with Crippen molar-refractivity contribution in [2.75, 3.05) is 11.9 Å². The smallest absolute Gasteiger partial charge is 0.253 e. The molecule has 7 heteroatoms. The van der Waals surface area contributed by atoms with E-state index in [1.807, 2.05) is 59.3 Å². The zero-order valence-electron chi connectivity index (χ0n) is 16.6. The molecule has 4 aromatic rings. The molecule has 1 atom stereocenters. The zero-order valence-corrected chi connectivity index (χ0v) is 17.3. The van der Waals surface area contributed by atoms with Gasteiger partial charge < -0.3 is 20.3 Å². The lowest BCUT2D eigenvalue weighted by Gasteiger charge is -2.16. The molecule has 0 saturated heterocycles. The lowest BCUT2D eigenvalue weighted by molar-refractivity contribution is 0.0916. The van der Waals surface area contributed by atoms with Gasteiger partial charge in [0.05, 0.1) is 23.9 Å². The molecule has 2 aromatic heterocycles. The van der Waals surface area contributed by atoms with Gasteiger partial charge in [0, 0.05) is 35.4 Å². The molecule has 0 spiro atoms. The van der Waals surface area contributed by atoms with E-state index in [4.69, 9.17) is 11.6 Å². The summed E-state index contributed by atoms with van der Waals surface area (Å²) in [6, 6.07) is 21.8. The number of hydrogen-bond donors (Lipinski definition) is 3. The lowest BCUT2D eigenvalue weighted by Crippen LogP contribution is -2.30. The third-order valence-corrected chi connectivity index (χ3v) is 5.02. The van der Waals surface area contributed by atoms with E-state index in [9.17, 15) is 9.90 Å². The van der Waals surface area contributed by atoms with Gasteiger partial charge in [0.1, 0.15) is 5.82 Å². The number of aliphatic hydroxyl groups is 1. The van der Waals surface area contributed by atoms with E-state index < -0.39 is 6.04 Å². The molecule has 156 valence electrons. The number of carbonyl (C=O) groups is 1. The molecule has 4 rings (SSSR count). The van der Waals surface area contributed by atoms with E-state index in [-0.39, 0.29) is 12.5 Å². The summed E-state index contributed by atoms with van der Waals surface area (Å²) in [5.41, 5.74) is 3.03. The summed E-state index contributed by atoms with van der Waals surface area (Å²) in [5, 5.41) is 16.4. The molecular weight excluding hydrogens is 412 g/mol. The van der Waals surface area contributed by atoms with Crippen LogP contribution in [0.3, 0.4) is 0 Å². The third-order valence-electron chi connectivity index (χ3n) is 4.78. The van der Waals surface area contributed by atoms with Crippen LogP contribution in [0.4, 0.5) is 11.5 Å². The highest BCUT2D eigenvalue weighted by molar-refractivity contribution is 6.30. The number of para-hydroxylation sites is 1. The summed E-state index contributed by atoms with van der Waals surface area (Å²) in [6.45, 7) is -0.230. The highest BCUT2D eigenvalue weighted by atomic mass is 35.5. The fourth-order valence-electron chi connectivity index (χ4n) is 3.21. The topological polar surface area (TPSA) is 79.2 Å². The molecule has 31 heavy (non-hydrogen) atoms. The largest absolute Gasteiger partial charge is 0.394 e. The summed E-state index contributed by atoms with van der Waals surface area (Å²) >= 11 is 6.03. The summed E-state index contributed by atoms with van der Waals surface area (Å²) in [4.78, 5) is 17.1. The fourth-order valence-corrected chi connectivity index (χ4v) is 3.41. The summed E-state index contributed by atoms with van der Waals surface area (Å²) in [6.07, 6.45) is 5.26. The van der Waals surface area contributed by atoms with Gasteiger partial charge in [-0.25, -0.2) is 4.98 Å². The van der Waals surface area contributed by atoms with Crippen LogP contribution in [0.25, 0.3) is 5.69 Å². The van der Waals surface area contributed by atoms with Crippen molar-refractivity contribution < 1.29 is 9.90 Å². The number of nitrogens with one attached hydrogen (secondary N) is 2. The fraction of sp³-hybridized carbons (Fsp3) is 0.0833. The van der Waals surface area contributed by atoms with Gasteiger partial charge in [-0.1, -0.05) is 41.9 Å². The molecule has 2 heterocycles. The van der Waals surface area contributed by atoms with Crippen LogP contribution >= 0.6 is 11.6 Å². The van der Waals surface area contributed by atoms with E-state index in [1.54, 1.807) is 36.7 Å². The Morgan fingerprint density at radius 2 is 1.90 bits per heavy atom. The number of hydrogen-bond acceptors (Lipinski definition) is 4. The molecule has 2 aromatic carbocycles. The zero-order chi connectivity index (χ0) is 21.6. The molecule has 0 bridgehead atoms. The van der Waals surface area contributed by atoms with E-state index in [2.05, 4.69) is 15.6 Å². The number of amides is 1. The number of aliphatic hydroxyl groups excluding tert-OH is 1. The Bertz CT molecular complexity index is 1180. The quantitative estimate of drug-likeness (QED) is 0.394. The second-order valence-corrected chi connectivity index (χ2v) is 7.40. The van der Waals surface area contributed by atoms with Crippen LogP contribution in [-0.4, -0.2) is 27.2 Å². The molecule has 1 unspecified atom stereocenters. The Morgan fingerprint density at radius 3 is 2.68 bits per heavy atom. The minimum Gasteiger partial charge on any atom is -0.394 e. The first-order valence-electron chi connectivity index (χ1n) is 9.76. The Hall–Kier alpha value is -3.61. The van der Waals surface area contributed by atoms with Gasteiger partial charge in [-0.05, 0) is 42.0 Å². The number of anilines is 2. The van der Waals surface area contributed by atoms with Crippen LogP contribution < -0.4 is 10.6 Å². The molecule has 0 aliphatic carbocycles. The SMILES string of the molecule is O=C(NC(CO)c1cccc(Cl)c1)c1ccn(-c2ccnc(Nc3ccccc3)c2)c1. The Labute approximate surface area is 185 Å². The van der Waals surface area contributed by atoms with Crippen LogP contribution in [0.1, 0.15) is 22.0 Å². The van der Waals surface area contributed by atoms with Crippen LogP contribution in [0, 0.1) is 0 Å². The second-order valence-electron chi connectivity index (χ2n) is 6.96. The molecule has 0 fully saturated rings. The number of carbonyl (C=O) groups excluding carboxylic acids is 1. The molecule has 0 aliphatic rings. The van der Waals surface area contributed by atoms with Crippen molar-refractivity contribution >= 4 is 29.0 Å². The predicted molar refractivity (Wildman–Crippen MR) is 122 cm³/mol. The highest BCUT2D eigenvalue weighted by Crippen LogP contribution is 2.20. The van der Waals surface area contributed by atoms with Crippen LogP contribution in [-0.2, 0) is 0 Å². The second kappa shape index (κ2) is 9.47. The van der Waals surface area contributed by atoms with E-state index >= 15 is 0 Å². The van der Waals surface area contributed by atoms with Crippen molar-refractivity contribution in [2.24, 2.45) is 0 Å².